The van der Waals surface area contributed by atoms with Crippen molar-refractivity contribution in [1.29, 1.82) is 5.26 Å². The molecule has 0 radical (unpaired) electrons. The van der Waals surface area contributed by atoms with Gasteiger partial charge in [0.2, 0.25) is 0 Å². The molecule has 36 heavy (non-hydrogen) atoms. The van der Waals surface area contributed by atoms with E-state index in [-0.39, 0.29) is 17.9 Å². The van der Waals surface area contributed by atoms with Crippen LogP contribution < -0.4 is 10.2 Å². The SMILES string of the molecule is N#Cc1ccccc1N1CCC(CNC(=O)[C@H](O)[C@@H](O)C(=O)N2CCCC2C2CCC(F)CC2)CC1. The number of alkyl halides is 1. The van der Waals surface area contributed by atoms with E-state index >= 15 is 0 Å². The minimum Gasteiger partial charge on any atom is -0.380 e. The number of nitrogens with zero attached hydrogens (tertiary/aromatic N) is 3. The molecule has 4 rings (SSSR count). The van der Waals surface area contributed by atoms with Gasteiger partial charge in [0.1, 0.15) is 12.2 Å². The number of benzene rings is 1. The number of anilines is 1. The van der Waals surface area contributed by atoms with Crippen molar-refractivity contribution in [2.24, 2.45) is 11.8 Å². The lowest BCUT2D eigenvalue weighted by Crippen LogP contribution is -2.53. The zero-order valence-electron chi connectivity index (χ0n) is 20.7. The maximum Gasteiger partial charge on any atom is 0.254 e. The molecule has 0 spiro atoms. The molecule has 0 bridgehead atoms. The number of amides is 2. The molecule has 1 unspecified atom stereocenters. The van der Waals surface area contributed by atoms with Crippen LogP contribution in [0, 0.1) is 23.2 Å². The highest BCUT2D eigenvalue weighted by Crippen LogP contribution is 2.35. The molecule has 2 amide bonds. The predicted octanol–water partition coefficient (Wildman–Crippen LogP) is 2.13. The predicted molar refractivity (Wildman–Crippen MR) is 133 cm³/mol. The van der Waals surface area contributed by atoms with E-state index in [2.05, 4.69) is 16.3 Å². The summed E-state index contributed by atoms with van der Waals surface area (Å²) in [5.74, 6) is -0.963. The first-order chi connectivity index (χ1) is 17.4. The minimum absolute atomic E-state index is 0.0636. The number of carbonyl (C=O) groups excluding carboxylic acids is 2. The van der Waals surface area contributed by atoms with Gasteiger partial charge in [-0.3, -0.25) is 9.59 Å². The highest BCUT2D eigenvalue weighted by Gasteiger charge is 2.41. The maximum atomic E-state index is 13.5. The summed E-state index contributed by atoms with van der Waals surface area (Å²) in [6.07, 6.45) is 1.26. The van der Waals surface area contributed by atoms with E-state index in [1.54, 1.807) is 11.0 Å². The summed E-state index contributed by atoms with van der Waals surface area (Å²) >= 11 is 0. The number of likely N-dealkylation sites (tertiary alicyclic amines) is 1. The molecule has 2 aliphatic heterocycles. The van der Waals surface area contributed by atoms with Crippen LogP contribution in [-0.4, -0.2) is 77.5 Å². The number of nitrogens with one attached hydrogen (secondary N) is 1. The quantitative estimate of drug-likeness (QED) is 0.528. The molecule has 8 nitrogen and oxygen atoms in total. The Bertz CT molecular complexity index is 953. The molecule has 9 heteroatoms. The Balaban J connectivity index is 1.24. The molecular formula is C27H37FN4O4. The fourth-order valence-electron chi connectivity index (χ4n) is 6.04. The van der Waals surface area contributed by atoms with Crippen molar-refractivity contribution in [3.63, 3.8) is 0 Å². The van der Waals surface area contributed by atoms with Gasteiger partial charge in [-0.2, -0.15) is 5.26 Å². The van der Waals surface area contributed by atoms with E-state index < -0.39 is 30.2 Å². The van der Waals surface area contributed by atoms with Gasteiger partial charge in [-0.25, -0.2) is 4.39 Å². The van der Waals surface area contributed by atoms with Crippen LogP contribution in [0.4, 0.5) is 10.1 Å². The lowest BCUT2D eigenvalue weighted by molar-refractivity contribution is -0.154. The summed E-state index contributed by atoms with van der Waals surface area (Å²) < 4.78 is 13.5. The normalized spacial score (nSPS) is 26.8. The Morgan fingerprint density at radius 1 is 1.03 bits per heavy atom. The third kappa shape index (κ3) is 5.98. The molecule has 2 heterocycles. The molecule has 0 aromatic heterocycles. The monoisotopic (exact) mass is 500 g/mol. The van der Waals surface area contributed by atoms with Crippen LogP contribution in [0.25, 0.3) is 0 Å². The van der Waals surface area contributed by atoms with Crippen LogP contribution in [-0.2, 0) is 9.59 Å². The molecule has 3 N–H and O–H groups in total. The number of rotatable bonds is 7. The van der Waals surface area contributed by atoms with Gasteiger partial charge < -0.3 is 25.3 Å². The summed E-state index contributed by atoms with van der Waals surface area (Å²) in [4.78, 5) is 29.3. The van der Waals surface area contributed by atoms with Crippen molar-refractivity contribution in [3.8, 4) is 6.07 Å². The lowest BCUT2D eigenvalue weighted by Gasteiger charge is -2.36. The average molecular weight is 501 g/mol. The van der Waals surface area contributed by atoms with E-state index in [1.807, 2.05) is 18.2 Å². The van der Waals surface area contributed by atoms with E-state index in [1.165, 1.54) is 0 Å². The van der Waals surface area contributed by atoms with Gasteiger partial charge >= 0.3 is 0 Å². The second-order valence-electron chi connectivity index (χ2n) is 10.4. The van der Waals surface area contributed by atoms with Crippen LogP contribution in [0.2, 0.25) is 0 Å². The molecule has 2 saturated heterocycles. The molecule has 3 atom stereocenters. The molecular weight excluding hydrogens is 463 g/mol. The zero-order valence-corrected chi connectivity index (χ0v) is 20.7. The first-order valence-corrected chi connectivity index (χ1v) is 13.2. The lowest BCUT2D eigenvalue weighted by atomic mass is 9.82. The van der Waals surface area contributed by atoms with Gasteiger partial charge in [-0.1, -0.05) is 12.1 Å². The summed E-state index contributed by atoms with van der Waals surface area (Å²) in [6, 6.07) is 9.65. The second-order valence-corrected chi connectivity index (χ2v) is 10.4. The number of nitriles is 1. The number of carbonyl (C=O) groups is 2. The first-order valence-electron chi connectivity index (χ1n) is 13.2. The largest absolute Gasteiger partial charge is 0.380 e. The standard InChI is InChI=1S/C27H37FN4O4/c28-21-9-7-19(8-10-21)23-6-3-13-32(23)27(36)25(34)24(33)26(35)30-17-18-11-14-31(15-12-18)22-5-2-1-4-20(22)16-29/h1-2,4-5,18-19,21,23-25,33-34H,3,6-15,17H2,(H,30,35)/t19?,21?,23?,24-,25-/m1/s1. The Labute approximate surface area is 212 Å². The summed E-state index contributed by atoms with van der Waals surface area (Å²) in [7, 11) is 0. The molecule has 1 aliphatic carbocycles. The molecule has 1 aromatic carbocycles. The number of piperidine rings is 1. The zero-order chi connectivity index (χ0) is 25.7. The van der Waals surface area contributed by atoms with E-state index in [4.69, 9.17) is 0 Å². The van der Waals surface area contributed by atoms with Crippen molar-refractivity contribution in [1.82, 2.24) is 10.2 Å². The topological polar surface area (TPSA) is 117 Å². The van der Waals surface area contributed by atoms with Crippen LogP contribution in [0.3, 0.4) is 0 Å². The number of aliphatic hydroxyl groups excluding tert-OH is 2. The fraction of sp³-hybridized carbons (Fsp3) is 0.667. The molecule has 3 aliphatic rings. The van der Waals surface area contributed by atoms with Gasteiger partial charge in [-0.15, -0.1) is 0 Å². The number of aliphatic hydroxyl groups is 2. The van der Waals surface area contributed by atoms with E-state index in [9.17, 15) is 29.5 Å². The first kappa shape index (κ1) is 26.4. The molecule has 1 aromatic rings. The summed E-state index contributed by atoms with van der Waals surface area (Å²) in [5, 5.41) is 33.0. The van der Waals surface area contributed by atoms with Crippen LogP contribution >= 0.6 is 0 Å². The second kappa shape index (κ2) is 12.0. The number of hydrogen-bond donors (Lipinski definition) is 3. The third-order valence-corrected chi connectivity index (χ3v) is 8.19. The van der Waals surface area contributed by atoms with Gasteiger partial charge in [0, 0.05) is 32.2 Å². The Morgan fingerprint density at radius 3 is 2.42 bits per heavy atom. The van der Waals surface area contributed by atoms with Gasteiger partial charge in [-0.05, 0) is 75.3 Å². The smallest absolute Gasteiger partial charge is 0.254 e. The van der Waals surface area contributed by atoms with Crippen molar-refractivity contribution < 1.29 is 24.2 Å². The Kier molecular flexibility index (Phi) is 8.81. The van der Waals surface area contributed by atoms with E-state index in [0.717, 1.165) is 57.3 Å². The summed E-state index contributed by atoms with van der Waals surface area (Å²) in [6.45, 7) is 2.34. The van der Waals surface area contributed by atoms with E-state index in [0.29, 0.717) is 31.5 Å². The summed E-state index contributed by atoms with van der Waals surface area (Å²) in [5.41, 5.74) is 1.55. The average Bonchev–Trinajstić information content (AvgIpc) is 3.41. The maximum absolute atomic E-state index is 13.5. The number of para-hydroxylation sites is 1. The Hall–Kier alpha value is -2.70. The van der Waals surface area contributed by atoms with Crippen LogP contribution in [0.1, 0.15) is 56.9 Å². The molecule has 1 saturated carbocycles. The minimum atomic E-state index is -1.83. The van der Waals surface area contributed by atoms with Crippen LogP contribution in [0.15, 0.2) is 24.3 Å². The third-order valence-electron chi connectivity index (χ3n) is 8.19. The van der Waals surface area contributed by atoms with Crippen molar-refractivity contribution in [3.05, 3.63) is 29.8 Å². The fourth-order valence-corrected chi connectivity index (χ4v) is 6.04. The van der Waals surface area contributed by atoms with Crippen molar-refractivity contribution in [2.45, 2.75) is 75.8 Å². The van der Waals surface area contributed by atoms with Gasteiger partial charge in [0.25, 0.3) is 11.8 Å². The number of halogens is 1. The molecule has 3 fully saturated rings. The van der Waals surface area contributed by atoms with Crippen molar-refractivity contribution >= 4 is 17.5 Å². The highest BCUT2D eigenvalue weighted by atomic mass is 19.1. The highest BCUT2D eigenvalue weighted by molar-refractivity contribution is 5.91. The van der Waals surface area contributed by atoms with Gasteiger partial charge in [0.15, 0.2) is 12.2 Å². The Morgan fingerprint density at radius 2 is 1.72 bits per heavy atom. The molecule has 196 valence electrons. The van der Waals surface area contributed by atoms with Crippen molar-refractivity contribution in [2.75, 3.05) is 31.1 Å². The van der Waals surface area contributed by atoms with Gasteiger partial charge in [0.05, 0.1) is 11.3 Å². The number of hydrogen-bond acceptors (Lipinski definition) is 6. The van der Waals surface area contributed by atoms with Crippen LogP contribution in [0.5, 0.6) is 0 Å².